The molecule has 0 bridgehead atoms. The average Bonchev–Trinajstić information content (AvgIpc) is 4.19. The number of ether oxygens (including phenoxy) is 4. The number of piperazine rings is 1. The van der Waals surface area contributed by atoms with Gasteiger partial charge in [-0.05, 0) is 79.1 Å². The Labute approximate surface area is 482 Å². The SMILES string of the molecule is C=CC(=O)N1CCN(c2nc(NCCC(=O)N(C)CCOCCOCCOCCOCCNC(=O)CC3N=C(c4ccc(Cl)cc4)c4c(sc(C)c4C)-n4c(C)nnc43)nc3c(F)c(-c4cc(O)cc5ccccc45)c(Cl)cc23)CC1. The minimum absolute atomic E-state index is 0.00679. The molecular weight excluding hydrogens is 1100 g/mol. The van der Waals surface area contributed by atoms with E-state index >= 15 is 4.39 Å². The van der Waals surface area contributed by atoms with Crippen molar-refractivity contribution in [1.82, 2.24) is 39.8 Å². The number of aliphatic imine (C=N–C) groups is 1. The molecular formula is C58H64Cl2FN11O8S. The molecule has 0 aliphatic carbocycles. The smallest absolute Gasteiger partial charge is 0.246 e. The lowest BCUT2D eigenvalue weighted by atomic mass is 9.96. The average molecular weight is 1170 g/mol. The van der Waals surface area contributed by atoms with E-state index in [0.29, 0.717) is 131 Å². The minimum Gasteiger partial charge on any atom is -0.508 e. The number of aryl methyl sites for hydroxylation is 2. The fourth-order valence-corrected chi connectivity index (χ4v) is 11.4. The van der Waals surface area contributed by atoms with Gasteiger partial charge in [0.15, 0.2) is 11.6 Å². The third kappa shape index (κ3) is 13.8. The number of aromatic nitrogens is 5. The van der Waals surface area contributed by atoms with Crippen molar-refractivity contribution in [2.45, 2.75) is 39.7 Å². The maximum atomic E-state index is 17.0. The first-order valence-corrected chi connectivity index (χ1v) is 28.3. The van der Waals surface area contributed by atoms with E-state index in [0.717, 1.165) is 33.2 Å². The molecule has 1 atom stereocenters. The van der Waals surface area contributed by atoms with E-state index in [1.807, 2.05) is 64.9 Å². The Kier molecular flexibility index (Phi) is 19.6. The molecule has 2 aliphatic heterocycles. The fraction of sp³-hybridized carbons (Fsp3) is 0.379. The molecule has 5 heterocycles. The molecule has 9 rings (SSSR count). The van der Waals surface area contributed by atoms with E-state index in [9.17, 15) is 19.5 Å². The van der Waals surface area contributed by atoms with Crippen molar-refractivity contribution >= 4 is 91.4 Å². The normalized spacial score (nSPS) is 14.2. The summed E-state index contributed by atoms with van der Waals surface area (Å²) in [6.07, 6.45) is 1.45. The molecule has 1 fully saturated rings. The molecule has 2 aliphatic rings. The van der Waals surface area contributed by atoms with E-state index < -0.39 is 11.9 Å². The lowest BCUT2D eigenvalue weighted by Crippen LogP contribution is -2.48. The second-order valence-corrected chi connectivity index (χ2v) is 21.5. The number of carbonyl (C=O) groups is 3. The highest BCUT2D eigenvalue weighted by molar-refractivity contribution is 7.15. The first-order valence-electron chi connectivity index (χ1n) is 26.7. The zero-order valence-corrected chi connectivity index (χ0v) is 47.9. The number of thiophene rings is 1. The number of rotatable bonds is 25. The van der Waals surface area contributed by atoms with Crippen LogP contribution in [0.5, 0.6) is 5.75 Å². The molecule has 3 N–H and O–H groups in total. The summed E-state index contributed by atoms with van der Waals surface area (Å²) in [4.78, 5) is 59.7. The van der Waals surface area contributed by atoms with Gasteiger partial charge in [-0.25, -0.2) is 9.37 Å². The summed E-state index contributed by atoms with van der Waals surface area (Å²) in [6, 6.07) is 19.0. The number of amides is 3. The van der Waals surface area contributed by atoms with Crippen LogP contribution in [-0.4, -0.2) is 169 Å². The summed E-state index contributed by atoms with van der Waals surface area (Å²) in [5.41, 5.74) is 4.31. The van der Waals surface area contributed by atoms with Gasteiger partial charge in [0, 0.05) is 91.3 Å². The Morgan fingerprint density at radius 1 is 0.852 bits per heavy atom. The minimum atomic E-state index is -0.691. The number of benzene rings is 4. The number of nitrogens with zero attached hydrogens (tertiary/aromatic N) is 9. The second kappa shape index (κ2) is 27.1. The molecule has 3 aromatic heterocycles. The topological polar surface area (TPSA) is 211 Å². The number of fused-ring (bicyclic) bond motifs is 5. The molecule has 23 heteroatoms. The first-order chi connectivity index (χ1) is 39.2. The van der Waals surface area contributed by atoms with Crippen LogP contribution in [0.15, 0.2) is 84.4 Å². The summed E-state index contributed by atoms with van der Waals surface area (Å²) >= 11 is 14.8. The Bertz CT molecular complexity index is 3460. The Morgan fingerprint density at radius 2 is 1.54 bits per heavy atom. The number of phenols is 1. The Balaban J connectivity index is 0.664. The van der Waals surface area contributed by atoms with Crippen LogP contribution in [0, 0.1) is 26.6 Å². The van der Waals surface area contributed by atoms with Gasteiger partial charge >= 0.3 is 0 Å². The molecule has 4 aromatic carbocycles. The van der Waals surface area contributed by atoms with E-state index in [4.69, 9.17) is 52.1 Å². The van der Waals surface area contributed by atoms with Crippen LogP contribution in [0.4, 0.5) is 16.2 Å². The predicted molar refractivity (Wildman–Crippen MR) is 313 cm³/mol. The Hall–Kier alpha value is -7.11. The lowest BCUT2D eigenvalue weighted by Gasteiger charge is -2.35. The van der Waals surface area contributed by atoms with Crippen LogP contribution in [-0.2, 0) is 33.3 Å². The molecule has 19 nitrogen and oxygen atoms in total. The molecule has 0 radical (unpaired) electrons. The van der Waals surface area contributed by atoms with Gasteiger partial charge in [-0.2, -0.15) is 4.98 Å². The van der Waals surface area contributed by atoms with Crippen LogP contribution in [0.1, 0.15) is 52.1 Å². The molecule has 3 amide bonds. The van der Waals surface area contributed by atoms with Gasteiger partial charge in [0.1, 0.15) is 34.0 Å². The lowest BCUT2D eigenvalue weighted by molar-refractivity contribution is -0.130. The van der Waals surface area contributed by atoms with Crippen LogP contribution in [0.3, 0.4) is 0 Å². The quantitative estimate of drug-likeness (QED) is 0.0362. The third-order valence-corrected chi connectivity index (χ3v) is 15.8. The van der Waals surface area contributed by atoms with Crippen molar-refractivity contribution in [2.24, 2.45) is 4.99 Å². The van der Waals surface area contributed by atoms with Crippen LogP contribution >= 0.6 is 34.5 Å². The van der Waals surface area contributed by atoms with E-state index in [1.165, 1.54) is 17.0 Å². The van der Waals surface area contributed by atoms with Gasteiger partial charge in [-0.3, -0.25) is 23.9 Å². The summed E-state index contributed by atoms with van der Waals surface area (Å²) in [5, 5.41) is 29.0. The van der Waals surface area contributed by atoms with Gasteiger partial charge in [0.2, 0.25) is 23.7 Å². The number of halogens is 3. The number of hydrogen-bond acceptors (Lipinski definition) is 16. The standard InChI is InChI=1S/C58H64Cl2FN11O8S/c1-6-48(75)70-18-20-71(21-19-70)55-44-33-45(60)51(43-32-41(73)31-39-9-7-8-10-42(39)43)52(61)54(44)65-58(66-55)63-16-15-49(76)69(5)22-24-78-26-28-80-30-29-79-27-25-77-23-17-62-47(74)34-46-56-68-67-37(4)72(56)57-50(35(2)36(3)81-57)53(64-46)38-11-13-40(59)14-12-38/h6-14,31-33,46,73H,1,15-30,34H2,2-5H3,(H,62,74)(H,63,65,66). The second-order valence-electron chi connectivity index (χ2n) is 19.4. The molecule has 0 saturated carbocycles. The maximum Gasteiger partial charge on any atom is 0.246 e. The molecule has 1 saturated heterocycles. The summed E-state index contributed by atoms with van der Waals surface area (Å²) < 4.78 is 41.7. The van der Waals surface area contributed by atoms with Gasteiger partial charge in [-0.15, -0.1) is 21.5 Å². The van der Waals surface area contributed by atoms with Crippen LogP contribution < -0.4 is 15.5 Å². The summed E-state index contributed by atoms with van der Waals surface area (Å²) in [6.45, 7) is 14.8. The number of aromatic hydroxyl groups is 1. The zero-order chi connectivity index (χ0) is 57.2. The van der Waals surface area contributed by atoms with Crippen molar-refractivity contribution in [3.63, 3.8) is 0 Å². The van der Waals surface area contributed by atoms with Gasteiger partial charge in [-0.1, -0.05) is 66.2 Å². The highest BCUT2D eigenvalue weighted by atomic mass is 35.5. The van der Waals surface area contributed by atoms with Gasteiger partial charge in [0.05, 0.1) is 70.0 Å². The number of anilines is 2. The number of likely N-dealkylation sites (N-methyl/N-ethyl adjacent to an activating group) is 1. The van der Waals surface area contributed by atoms with E-state index in [-0.39, 0.29) is 64.9 Å². The number of nitrogens with one attached hydrogen (secondary N) is 2. The fourth-order valence-electron chi connectivity index (χ4n) is 9.72. The number of phenolic OH excluding ortho intramolecular Hbond substituents is 1. The van der Waals surface area contributed by atoms with Crippen molar-refractivity contribution < 1.29 is 42.8 Å². The predicted octanol–water partition coefficient (Wildman–Crippen LogP) is 8.43. The highest BCUT2D eigenvalue weighted by Crippen LogP contribution is 2.43. The van der Waals surface area contributed by atoms with E-state index in [2.05, 4.69) is 46.2 Å². The van der Waals surface area contributed by atoms with Crippen LogP contribution in [0.2, 0.25) is 10.0 Å². The molecule has 1 unspecified atom stereocenters. The van der Waals surface area contributed by atoms with Crippen molar-refractivity contribution in [3.05, 3.63) is 128 Å². The van der Waals surface area contributed by atoms with Crippen molar-refractivity contribution in [2.75, 3.05) is 116 Å². The van der Waals surface area contributed by atoms with Crippen LogP contribution in [0.25, 0.3) is 37.8 Å². The molecule has 81 heavy (non-hydrogen) atoms. The molecule has 7 aromatic rings. The number of hydrogen-bond donors (Lipinski definition) is 3. The van der Waals surface area contributed by atoms with Gasteiger partial charge < -0.3 is 49.4 Å². The summed E-state index contributed by atoms with van der Waals surface area (Å²) in [5.74, 6) is 0.628. The van der Waals surface area contributed by atoms with Crippen molar-refractivity contribution in [3.8, 4) is 21.9 Å². The maximum absolute atomic E-state index is 17.0. The third-order valence-electron chi connectivity index (χ3n) is 14.1. The van der Waals surface area contributed by atoms with Crippen molar-refractivity contribution in [1.29, 1.82) is 0 Å². The monoisotopic (exact) mass is 1160 g/mol. The molecule has 0 spiro atoms. The van der Waals surface area contributed by atoms with Gasteiger partial charge in [0.25, 0.3) is 0 Å². The summed E-state index contributed by atoms with van der Waals surface area (Å²) in [7, 11) is 1.69. The highest BCUT2D eigenvalue weighted by Gasteiger charge is 2.33. The Morgan fingerprint density at radius 3 is 2.26 bits per heavy atom. The molecule has 426 valence electrons. The zero-order valence-electron chi connectivity index (χ0n) is 45.6. The first kappa shape index (κ1) is 58.5. The number of carbonyl (C=O) groups excluding carboxylic acids is 3. The largest absolute Gasteiger partial charge is 0.508 e. The van der Waals surface area contributed by atoms with E-state index in [1.54, 1.807) is 40.3 Å².